The summed E-state index contributed by atoms with van der Waals surface area (Å²) in [6.45, 7) is 9.08. The van der Waals surface area contributed by atoms with E-state index >= 15 is 0 Å². The maximum absolute atomic E-state index is 4.23. The van der Waals surface area contributed by atoms with E-state index in [1.54, 1.807) is 0 Å². The second-order valence-electron chi connectivity index (χ2n) is 2.60. The summed E-state index contributed by atoms with van der Waals surface area (Å²) in [5.41, 5.74) is 0. The van der Waals surface area contributed by atoms with Gasteiger partial charge in [-0.1, -0.05) is 0 Å². The van der Waals surface area contributed by atoms with Crippen LogP contribution in [0.2, 0.25) is 0 Å². The summed E-state index contributed by atoms with van der Waals surface area (Å²) in [5, 5.41) is 0. The molecule has 1 heterocycles. The van der Waals surface area contributed by atoms with Crippen molar-refractivity contribution in [2.24, 2.45) is 4.99 Å². The molecule has 0 radical (unpaired) electrons. The third-order valence-electron chi connectivity index (χ3n) is 2.26. The fourth-order valence-electron chi connectivity index (χ4n) is 1.25. The van der Waals surface area contributed by atoms with E-state index in [1.165, 1.54) is 19.6 Å². The van der Waals surface area contributed by atoms with Gasteiger partial charge in [-0.15, -0.1) is 0 Å². The van der Waals surface area contributed by atoms with E-state index in [-0.39, 0.29) is 0 Å². The Hall–Kier alpha value is -0.370. The summed E-state index contributed by atoms with van der Waals surface area (Å²) in [6.07, 6.45) is 2.10. The first kappa shape index (κ1) is 6.75. The van der Waals surface area contributed by atoms with Crippen LogP contribution in [-0.2, 0) is 0 Å². The van der Waals surface area contributed by atoms with E-state index in [2.05, 4.69) is 25.2 Å². The fraction of sp³-hybridized carbons (Fsp3) is 0.857. The Labute approximate surface area is 56.8 Å². The molecule has 1 aliphatic heterocycles. The summed E-state index contributed by atoms with van der Waals surface area (Å²) in [6, 6.07) is 0. The molecule has 0 bridgehead atoms. The lowest BCUT2D eigenvalue weighted by Gasteiger charge is -2.26. The summed E-state index contributed by atoms with van der Waals surface area (Å²) in [4.78, 5) is 4.23. The van der Waals surface area contributed by atoms with E-state index in [0.717, 1.165) is 11.0 Å². The first-order valence-corrected chi connectivity index (χ1v) is 3.70. The van der Waals surface area contributed by atoms with Crippen LogP contribution in [0.5, 0.6) is 0 Å². The van der Waals surface area contributed by atoms with Gasteiger partial charge in [0.25, 0.3) is 0 Å². The minimum atomic E-state index is 1.03. The molecular weight excluding hydrogens is 112 g/mol. The lowest BCUT2D eigenvalue weighted by Crippen LogP contribution is -2.44. The van der Waals surface area contributed by atoms with E-state index in [9.17, 15) is 0 Å². The summed E-state index contributed by atoms with van der Waals surface area (Å²) < 4.78 is 1.10. The van der Waals surface area contributed by atoms with Crippen LogP contribution in [0.1, 0.15) is 13.8 Å². The lowest BCUT2D eigenvalue weighted by atomic mass is 10.4. The molecular formula is C7H15N2+. The zero-order chi connectivity index (χ0) is 6.74. The Kier molecular flexibility index (Phi) is 1.86. The third kappa shape index (κ3) is 1.13. The molecule has 0 aromatic rings. The zero-order valence-electron chi connectivity index (χ0n) is 6.30. The standard InChI is InChI=1S/C7H15N2/c1-3-9(4-2)6-5-8-7-9/h7H,3-6H2,1-2H3/q+1. The van der Waals surface area contributed by atoms with Gasteiger partial charge in [0.05, 0.1) is 19.6 Å². The largest absolute Gasteiger partial charge is 0.280 e. The molecule has 0 spiro atoms. The molecule has 2 nitrogen and oxygen atoms in total. The number of nitrogens with zero attached hydrogens (tertiary/aromatic N) is 2. The van der Waals surface area contributed by atoms with Crippen LogP contribution in [-0.4, -0.2) is 37.0 Å². The van der Waals surface area contributed by atoms with Gasteiger partial charge >= 0.3 is 0 Å². The van der Waals surface area contributed by atoms with Crippen LogP contribution >= 0.6 is 0 Å². The molecule has 2 heteroatoms. The SMILES string of the molecule is CC[N+]1(CC)C=NCC1. The third-order valence-corrected chi connectivity index (χ3v) is 2.26. The quantitative estimate of drug-likeness (QED) is 0.488. The molecule has 0 N–H and O–H groups in total. The maximum Gasteiger partial charge on any atom is 0.185 e. The molecule has 0 atom stereocenters. The Morgan fingerprint density at radius 2 is 2.11 bits per heavy atom. The van der Waals surface area contributed by atoms with Crippen molar-refractivity contribution in [3.8, 4) is 0 Å². The molecule has 0 aromatic heterocycles. The molecule has 1 aliphatic rings. The van der Waals surface area contributed by atoms with Crippen molar-refractivity contribution in [1.82, 2.24) is 0 Å². The molecule has 0 amide bonds. The predicted octanol–water partition coefficient (Wildman–Crippen LogP) is 0.885. The number of hydrogen-bond acceptors (Lipinski definition) is 1. The lowest BCUT2D eigenvalue weighted by molar-refractivity contribution is -0.824. The summed E-state index contributed by atoms with van der Waals surface area (Å²) in [7, 11) is 0. The molecule has 0 unspecified atom stereocenters. The number of likely N-dealkylation sites (N-methyl/N-ethyl adjacent to an activating group) is 1. The minimum Gasteiger partial charge on any atom is -0.280 e. The van der Waals surface area contributed by atoms with Crippen LogP contribution in [0.15, 0.2) is 4.99 Å². The molecule has 0 fully saturated rings. The van der Waals surface area contributed by atoms with Gasteiger partial charge in [0.15, 0.2) is 6.34 Å². The van der Waals surface area contributed by atoms with Crippen LogP contribution in [0.4, 0.5) is 0 Å². The van der Waals surface area contributed by atoms with Crippen LogP contribution in [0, 0.1) is 0 Å². The first-order valence-electron chi connectivity index (χ1n) is 3.70. The van der Waals surface area contributed by atoms with Crippen molar-refractivity contribution < 1.29 is 4.48 Å². The minimum absolute atomic E-state index is 1.03. The highest BCUT2D eigenvalue weighted by molar-refractivity contribution is 5.48. The number of hydrogen-bond donors (Lipinski definition) is 0. The molecule has 0 saturated heterocycles. The highest BCUT2D eigenvalue weighted by atomic mass is 15.4. The molecule has 9 heavy (non-hydrogen) atoms. The monoisotopic (exact) mass is 127 g/mol. The van der Waals surface area contributed by atoms with Crippen molar-refractivity contribution in [2.45, 2.75) is 13.8 Å². The molecule has 1 rings (SSSR count). The van der Waals surface area contributed by atoms with Crippen molar-refractivity contribution in [1.29, 1.82) is 0 Å². The van der Waals surface area contributed by atoms with Crippen molar-refractivity contribution in [3.63, 3.8) is 0 Å². The van der Waals surface area contributed by atoms with Gasteiger partial charge in [0, 0.05) is 0 Å². The van der Waals surface area contributed by atoms with Gasteiger partial charge in [-0.05, 0) is 13.8 Å². The van der Waals surface area contributed by atoms with Gasteiger partial charge in [-0.3, -0.25) is 4.48 Å². The Bertz CT molecular complexity index is 114. The second-order valence-corrected chi connectivity index (χ2v) is 2.60. The van der Waals surface area contributed by atoms with Crippen LogP contribution in [0.25, 0.3) is 0 Å². The number of quaternary nitrogens is 1. The highest BCUT2D eigenvalue weighted by Gasteiger charge is 2.23. The van der Waals surface area contributed by atoms with Crippen molar-refractivity contribution in [2.75, 3.05) is 26.2 Å². The van der Waals surface area contributed by atoms with Gasteiger partial charge in [-0.2, -0.15) is 0 Å². The average Bonchev–Trinajstić information content (AvgIpc) is 2.36. The summed E-state index contributed by atoms with van der Waals surface area (Å²) >= 11 is 0. The maximum atomic E-state index is 4.23. The smallest absolute Gasteiger partial charge is 0.185 e. The Morgan fingerprint density at radius 1 is 1.44 bits per heavy atom. The molecule has 52 valence electrons. The zero-order valence-corrected chi connectivity index (χ0v) is 6.30. The second kappa shape index (κ2) is 2.48. The number of aliphatic imine (C=N–C) groups is 1. The topological polar surface area (TPSA) is 12.4 Å². The highest BCUT2D eigenvalue weighted by Crippen LogP contribution is 2.06. The van der Waals surface area contributed by atoms with Crippen LogP contribution in [0.3, 0.4) is 0 Å². The Balaban J connectivity index is 2.57. The fourth-order valence-corrected chi connectivity index (χ4v) is 1.25. The van der Waals surface area contributed by atoms with E-state index in [0.29, 0.717) is 0 Å². The molecule has 0 saturated carbocycles. The van der Waals surface area contributed by atoms with Crippen molar-refractivity contribution >= 4 is 6.34 Å². The van der Waals surface area contributed by atoms with Gasteiger partial charge < -0.3 is 0 Å². The van der Waals surface area contributed by atoms with Gasteiger partial charge in [-0.25, -0.2) is 4.99 Å². The van der Waals surface area contributed by atoms with Gasteiger partial charge in [0.2, 0.25) is 0 Å². The Morgan fingerprint density at radius 3 is 2.33 bits per heavy atom. The predicted molar refractivity (Wildman–Crippen MR) is 39.6 cm³/mol. The summed E-state index contributed by atoms with van der Waals surface area (Å²) in [5.74, 6) is 0. The number of rotatable bonds is 2. The normalized spacial score (nSPS) is 22.9. The molecule has 0 aromatic carbocycles. The van der Waals surface area contributed by atoms with E-state index < -0.39 is 0 Å². The molecule has 0 aliphatic carbocycles. The first-order chi connectivity index (χ1) is 4.33. The van der Waals surface area contributed by atoms with E-state index in [4.69, 9.17) is 0 Å². The van der Waals surface area contributed by atoms with E-state index in [1.807, 2.05) is 0 Å². The van der Waals surface area contributed by atoms with Gasteiger partial charge in [0.1, 0.15) is 6.54 Å². The van der Waals surface area contributed by atoms with Crippen molar-refractivity contribution in [3.05, 3.63) is 0 Å². The van der Waals surface area contributed by atoms with Crippen LogP contribution < -0.4 is 0 Å². The average molecular weight is 127 g/mol.